The summed E-state index contributed by atoms with van der Waals surface area (Å²) in [5, 5.41) is 9.51. The molecule has 0 radical (unpaired) electrons. The molecule has 0 heterocycles. The molecule has 1 spiro atoms. The quantitative estimate of drug-likeness (QED) is 0.567. The van der Waals surface area contributed by atoms with Crippen molar-refractivity contribution < 1.29 is 19.4 Å². The second-order valence-electron chi connectivity index (χ2n) is 9.36. The van der Waals surface area contributed by atoms with Crippen molar-refractivity contribution in [3.63, 3.8) is 0 Å². The van der Waals surface area contributed by atoms with E-state index in [0.717, 1.165) is 49.2 Å². The molecule has 0 saturated heterocycles. The molecular weight excluding hydrogens is 400 g/mol. The summed E-state index contributed by atoms with van der Waals surface area (Å²) in [7, 11) is 1.69. The third-order valence-electron chi connectivity index (χ3n) is 7.68. The van der Waals surface area contributed by atoms with Crippen molar-refractivity contribution in [3.8, 4) is 22.6 Å². The molecule has 0 aromatic heterocycles. The van der Waals surface area contributed by atoms with Crippen LogP contribution < -0.4 is 9.47 Å². The number of benzene rings is 3. The van der Waals surface area contributed by atoms with Crippen LogP contribution >= 0.6 is 0 Å². The number of carboxylic acid groups (broad SMARTS) is 1. The van der Waals surface area contributed by atoms with Gasteiger partial charge in [-0.15, -0.1) is 0 Å². The van der Waals surface area contributed by atoms with Crippen molar-refractivity contribution in [1.29, 1.82) is 0 Å². The van der Waals surface area contributed by atoms with Crippen molar-refractivity contribution >= 4 is 5.97 Å². The van der Waals surface area contributed by atoms with E-state index < -0.39 is 5.97 Å². The van der Waals surface area contributed by atoms with E-state index in [4.69, 9.17) is 9.47 Å². The first-order valence-electron chi connectivity index (χ1n) is 11.4. The molecule has 1 saturated carbocycles. The Morgan fingerprint density at radius 1 is 0.969 bits per heavy atom. The van der Waals surface area contributed by atoms with Gasteiger partial charge in [0, 0.05) is 5.41 Å². The van der Waals surface area contributed by atoms with Crippen LogP contribution in [0.4, 0.5) is 0 Å². The number of hydrogen-bond donors (Lipinski definition) is 1. The van der Waals surface area contributed by atoms with Gasteiger partial charge in [0.05, 0.1) is 13.0 Å². The maximum Gasteiger partial charge on any atom is 0.307 e. The zero-order chi connectivity index (χ0) is 21.9. The Balaban J connectivity index is 1.24. The Bertz CT molecular complexity index is 1230. The molecule has 1 N–H and O–H groups in total. The minimum atomic E-state index is -0.666. The molecule has 3 atom stereocenters. The normalized spacial score (nSPS) is 24.8. The summed E-state index contributed by atoms with van der Waals surface area (Å²) in [6.07, 6.45) is 4.66. The zero-order valence-electron chi connectivity index (χ0n) is 18.1. The highest BCUT2D eigenvalue weighted by atomic mass is 16.5. The van der Waals surface area contributed by atoms with Crippen LogP contribution in [0.15, 0.2) is 60.7 Å². The van der Waals surface area contributed by atoms with Gasteiger partial charge < -0.3 is 14.6 Å². The highest BCUT2D eigenvalue weighted by molar-refractivity contribution is 5.78. The Morgan fingerprint density at radius 3 is 2.66 bits per heavy atom. The van der Waals surface area contributed by atoms with Crippen molar-refractivity contribution in [3.05, 3.63) is 82.9 Å². The number of carboxylic acids is 1. The predicted molar refractivity (Wildman–Crippen MR) is 122 cm³/mol. The Hall–Kier alpha value is -3.27. The van der Waals surface area contributed by atoms with E-state index in [1.165, 1.54) is 27.8 Å². The molecule has 3 aromatic rings. The van der Waals surface area contributed by atoms with Gasteiger partial charge in [-0.25, -0.2) is 0 Å². The largest absolute Gasteiger partial charge is 0.497 e. The van der Waals surface area contributed by atoms with Crippen LogP contribution in [0.3, 0.4) is 0 Å². The number of aryl methyl sites for hydroxylation is 2. The fourth-order valence-corrected chi connectivity index (χ4v) is 5.85. The summed E-state index contributed by atoms with van der Waals surface area (Å²) in [5.74, 6) is 0.817. The summed E-state index contributed by atoms with van der Waals surface area (Å²) in [5.41, 5.74) is 7.27. The summed E-state index contributed by atoms with van der Waals surface area (Å²) in [4.78, 5) is 11.6. The number of ether oxygens (including phenoxy) is 2. The van der Waals surface area contributed by atoms with Crippen molar-refractivity contribution in [2.24, 2.45) is 5.92 Å². The molecule has 162 valence electrons. The zero-order valence-corrected chi connectivity index (χ0v) is 18.1. The molecule has 0 bridgehead atoms. The molecule has 1 unspecified atom stereocenters. The van der Waals surface area contributed by atoms with Crippen molar-refractivity contribution in [1.82, 2.24) is 0 Å². The minimum absolute atomic E-state index is 0.0363. The van der Waals surface area contributed by atoms with E-state index in [9.17, 15) is 9.90 Å². The van der Waals surface area contributed by atoms with Crippen molar-refractivity contribution in [2.75, 3.05) is 7.11 Å². The molecule has 1 fully saturated rings. The number of methoxy groups -OCH3 is 1. The van der Waals surface area contributed by atoms with Crippen LogP contribution in [0.2, 0.25) is 0 Å². The molecule has 3 aliphatic carbocycles. The first kappa shape index (κ1) is 19.4. The number of aliphatic carboxylic acids is 1. The Labute approximate surface area is 187 Å². The summed E-state index contributed by atoms with van der Waals surface area (Å²) in [6.45, 7) is 0. The third-order valence-corrected chi connectivity index (χ3v) is 7.68. The van der Waals surface area contributed by atoms with E-state index in [2.05, 4.69) is 48.5 Å². The molecule has 3 aliphatic rings. The van der Waals surface area contributed by atoms with E-state index in [1.807, 2.05) is 12.1 Å². The van der Waals surface area contributed by atoms with Gasteiger partial charge in [0.15, 0.2) is 0 Å². The fraction of sp³-hybridized carbons (Fsp3) is 0.321. The van der Waals surface area contributed by atoms with Crippen LogP contribution in [0.1, 0.15) is 47.6 Å². The van der Waals surface area contributed by atoms with Crippen LogP contribution in [-0.4, -0.2) is 18.2 Å². The van der Waals surface area contributed by atoms with Crippen LogP contribution in [0.25, 0.3) is 11.1 Å². The van der Waals surface area contributed by atoms with Crippen LogP contribution in [0.5, 0.6) is 11.5 Å². The number of carbonyl (C=O) groups is 1. The molecule has 3 aromatic carbocycles. The highest BCUT2D eigenvalue weighted by Gasteiger charge is 2.61. The lowest BCUT2D eigenvalue weighted by molar-refractivity contribution is -0.139. The number of hydrogen-bond acceptors (Lipinski definition) is 3. The molecule has 4 nitrogen and oxygen atoms in total. The first-order chi connectivity index (χ1) is 15.6. The van der Waals surface area contributed by atoms with E-state index in [1.54, 1.807) is 7.11 Å². The average molecular weight is 427 g/mol. The van der Waals surface area contributed by atoms with Gasteiger partial charge in [0.2, 0.25) is 0 Å². The smallest absolute Gasteiger partial charge is 0.307 e. The van der Waals surface area contributed by atoms with Gasteiger partial charge in [-0.05, 0) is 89.8 Å². The van der Waals surface area contributed by atoms with Gasteiger partial charge in [-0.2, -0.15) is 0 Å². The number of rotatable bonds is 5. The van der Waals surface area contributed by atoms with E-state index >= 15 is 0 Å². The Morgan fingerprint density at radius 2 is 1.84 bits per heavy atom. The van der Waals surface area contributed by atoms with Gasteiger partial charge in [0.1, 0.15) is 17.6 Å². The van der Waals surface area contributed by atoms with Gasteiger partial charge in [0.25, 0.3) is 0 Å². The minimum Gasteiger partial charge on any atom is -0.497 e. The third kappa shape index (κ3) is 3.01. The highest BCUT2D eigenvalue weighted by Crippen LogP contribution is 2.62. The summed E-state index contributed by atoms with van der Waals surface area (Å²) < 4.78 is 11.8. The lowest BCUT2D eigenvalue weighted by atomic mass is 9.95. The Kier molecular flexibility index (Phi) is 4.32. The van der Waals surface area contributed by atoms with Crippen LogP contribution in [-0.2, 0) is 23.1 Å². The molecule has 6 rings (SSSR count). The topological polar surface area (TPSA) is 55.8 Å². The number of fused-ring (bicyclic) bond motifs is 3. The molecule has 0 aliphatic heterocycles. The molecular formula is C28H26O4. The lowest BCUT2D eigenvalue weighted by Gasteiger charge is -2.18. The maximum atomic E-state index is 11.6. The SMILES string of the molecule is COc1cccc(-c2ccc3c(c2)CCC3Oc2ccc3c(c2)[C@]2(CC3)C[C@H]2C(=O)O)c1. The van der Waals surface area contributed by atoms with Gasteiger partial charge in [-0.1, -0.05) is 36.4 Å². The maximum absolute atomic E-state index is 11.6. The second kappa shape index (κ2) is 7.13. The molecule has 32 heavy (non-hydrogen) atoms. The molecule has 4 heteroatoms. The van der Waals surface area contributed by atoms with Gasteiger partial charge in [-0.3, -0.25) is 4.79 Å². The fourth-order valence-electron chi connectivity index (χ4n) is 5.85. The first-order valence-corrected chi connectivity index (χ1v) is 11.4. The second-order valence-corrected chi connectivity index (χ2v) is 9.36. The monoisotopic (exact) mass is 426 g/mol. The standard InChI is InChI=1S/C28H26O4/c1-31-21-4-2-3-18(14-21)19-6-9-23-20(13-19)7-10-26(23)32-22-8-5-17-11-12-28(24(17)15-22)16-25(28)27(29)30/h2-6,8-9,13-15,25-26H,7,10-12,16H2,1H3,(H,29,30)/t25-,26?,28-/m0/s1. The summed E-state index contributed by atoms with van der Waals surface area (Å²) >= 11 is 0. The van der Waals surface area contributed by atoms with Crippen molar-refractivity contribution in [2.45, 2.75) is 43.6 Å². The van der Waals surface area contributed by atoms with E-state index in [0.29, 0.717) is 0 Å². The van der Waals surface area contributed by atoms with E-state index in [-0.39, 0.29) is 17.4 Å². The molecule has 0 amide bonds. The predicted octanol–water partition coefficient (Wildman–Crippen LogP) is 5.72. The van der Waals surface area contributed by atoms with Crippen LogP contribution in [0, 0.1) is 5.92 Å². The lowest BCUT2D eigenvalue weighted by Crippen LogP contribution is -2.12. The summed E-state index contributed by atoms with van der Waals surface area (Å²) in [6, 6.07) is 21.1. The van der Waals surface area contributed by atoms with Gasteiger partial charge >= 0.3 is 5.97 Å². The average Bonchev–Trinajstić information content (AvgIpc) is 3.28.